The maximum absolute atomic E-state index is 6.19. The third-order valence-corrected chi connectivity index (χ3v) is 4.30. The molecule has 0 amide bonds. The fraction of sp³-hybridized carbons (Fsp3) is 0.625. The lowest BCUT2D eigenvalue weighted by Gasteiger charge is -2.37. The molecule has 2 saturated heterocycles. The van der Waals surface area contributed by atoms with Crippen LogP contribution in [-0.2, 0) is 16.0 Å². The summed E-state index contributed by atoms with van der Waals surface area (Å²) in [6, 6.07) is 5.78. The number of ether oxygens (including phenoxy) is 4. The second kappa shape index (κ2) is 6.22. The molecule has 116 valence electrons. The standard InChI is InChI=1S/C16H23NO4/c1-18-13-2-3-15(12(8-13)10-17)21-14-4-6-20-16(9-14)5-7-19-11-16/h2-3,8,14H,4-7,9-11,17H2,1H3. The molecule has 2 fully saturated rings. The highest BCUT2D eigenvalue weighted by Crippen LogP contribution is 2.35. The van der Waals surface area contributed by atoms with Gasteiger partial charge in [0, 0.05) is 38.0 Å². The van der Waals surface area contributed by atoms with Crippen molar-refractivity contribution in [1.29, 1.82) is 0 Å². The zero-order valence-corrected chi connectivity index (χ0v) is 12.5. The van der Waals surface area contributed by atoms with Crippen LogP contribution in [0.5, 0.6) is 11.5 Å². The lowest BCUT2D eigenvalue weighted by molar-refractivity contribution is -0.112. The Morgan fingerprint density at radius 2 is 2.29 bits per heavy atom. The van der Waals surface area contributed by atoms with Crippen LogP contribution in [-0.4, -0.2) is 38.6 Å². The van der Waals surface area contributed by atoms with Crippen molar-refractivity contribution in [3.63, 3.8) is 0 Å². The SMILES string of the molecule is COc1ccc(OC2CCOC3(CCOC3)C2)c(CN)c1. The summed E-state index contributed by atoms with van der Waals surface area (Å²) in [6.45, 7) is 2.62. The first-order valence-electron chi connectivity index (χ1n) is 7.50. The van der Waals surface area contributed by atoms with Gasteiger partial charge in [-0.2, -0.15) is 0 Å². The lowest BCUT2D eigenvalue weighted by Crippen LogP contribution is -2.44. The zero-order chi connectivity index (χ0) is 14.7. The van der Waals surface area contributed by atoms with Gasteiger partial charge < -0.3 is 24.7 Å². The molecule has 3 rings (SSSR count). The summed E-state index contributed by atoms with van der Waals surface area (Å²) >= 11 is 0. The van der Waals surface area contributed by atoms with Gasteiger partial charge in [-0.1, -0.05) is 0 Å². The van der Waals surface area contributed by atoms with Crippen LogP contribution >= 0.6 is 0 Å². The van der Waals surface area contributed by atoms with Gasteiger partial charge in [-0.3, -0.25) is 0 Å². The highest BCUT2D eigenvalue weighted by molar-refractivity contribution is 5.40. The first-order chi connectivity index (χ1) is 10.2. The number of hydrogen-bond donors (Lipinski definition) is 1. The predicted molar refractivity (Wildman–Crippen MR) is 78.7 cm³/mol. The van der Waals surface area contributed by atoms with Crippen LogP contribution in [0.1, 0.15) is 24.8 Å². The van der Waals surface area contributed by atoms with Crippen LogP contribution in [0, 0.1) is 0 Å². The fourth-order valence-corrected chi connectivity index (χ4v) is 3.08. The largest absolute Gasteiger partial charge is 0.497 e. The van der Waals surface area contributed by atoms with Crippen molar-refractivity contribution in [2.75, 3.05) is 26.9 Å². The number of nitrogens with two attached hydrogens (primary N) is 1. The number of hydrogen-bond acceptors (Lipinski definition) is 5. The van der Waals surface area contributed by atoms with Crippen LogP contribution in [0.2, 0.25) is 0 Å². The summed E-state index contributed by atoms with van der Waals surface area (Å²) in [5.41, 5.74) is 6.64. The van der Waals surface area contributed by atoms with Gasteiger partial charge in [-0.15, -0.1) is 0 Å². The molecule has 1 aromatic rings. The minimum Gasteiger partial charge on any atom is -0.497 e. The third-order valence-electron chi connectivity index (χ3n) is 4.30. The average Bonchev–Trinajstić information content (AvgIpc) is 2.95. The summed E-state index contributed by atoms with van der Waals surface area (Å²) in [5, 5.41) is 0. The summed E-state index contributed by atoms with van der Waals surface area (Å²) < 4.78 is 22.9. The van der Waals surface area contributed by atoms with E-state index in [2.05, 4.69) is 0 Å². The maximum Gasteiger partial charge on any atom is 0.124 e. The van der Waals surface area contributed by atoms with Crippen LogP contribution < -0.4 is 15.2 Å². The van der Waals surface area contributed by atoms with Crippen molar-refractivity contribution in [1.82, 2.24) is 0 Å². The highest BCUT2D eigenvalue weighted by Gasteiger charge is 2.41. The molecule has 0 aliphatic carbocycles. The molecule has 0 radical (unpaired) electrons. The van der Waals surface area contributed by atoms with Crippen molar-refractivity contribution in [3.05, 3.63) is 23.8 Å². The minimum absolute atomic E-state index is 0.141. The van der Waals surface area contributed by atoms with Crippen molar-refractivity contribution < 1.29 is 18.9 Å². The van der Waals surface area contributed by atoms with Crippen LogP contribution in [0.25, 0.3) is 0 Å². The van der Waals surface area contributed by atoms with Crippen LogP contribution in [0.4, 0.5) is 0 Å². The van der Waals surface area contributed by atoms with Crippen molar-refractivity contribution >= 4 is 0 Å². The molecular weight excluding hydrogens is 270 g/mol. The Labute approximate surface area is 125 Å². The predicted octanol–water partition coefficient (Wildman–Crippen LogP) is 1.87. The third kappa shape index (κ3) is 3.15. The zero-order valence-electron chi connectivity index (χ0n) is 12.5. The van der Waals surface area contributed by atoms with Gasteiger partial charge in [0.1, 0.15) is 17.6 Å². The molecule has 5 heteroatoms. The van der Waals surface area contributed by atoms with E-state index >= 15 is 0 Å². The molecule has 5 nitrogen and oxygen atoms in total. The Morgan fingerprint density at radius 3 is 3.00 bits per heavy atom. The fourth-order valence-electron chi connectivity index (χ4n) is 3.08. The number of rotatable bonds is 4. The summed E-state index contributed by atoms with van der Waals surface area (Å²) in [7, 11) is 1.65. The van der Waals surface area contributed by atoms with Gasteiger partial charge in [0.05, 0.1) is 25.9 Å². The molecule has 0 aromatic heterocycles. The molecule has 1 aromatic carbocycles. The first kappa shape index (κ1) is 14.6. The van der Waals surface area contributed by atoms with Crippen molar-refractivity contribution in [2.45, 2.75) is 37.5 Å². The van der Waals surface area contributed by atoms with E-state index in [4.69, 9.17) is 24.7 Å². The maximum atomic E-state index is 6.19. The van der Waals surface area contributed by atoms with E-state index in [1.807, 2.05) is 18.2 Å². The van der Waals surface area contributed by atoms with Crippen LogP contribution in [0.15, 0.2) is 18.2 Å². The van der Waals surface area contributed by atoms with Gasteiger partial charge in [-0.05, 0) is 18.2 Å². The Balaban J connectivity index is 1.71. The Bertz CT molecular complexity index is 485. The van der Waals surface area contributed by atoms with E-state index in [1.165, 1.54) is 0 Å². The van der Waals surface area contributed by atoms with Gasteiger partial charge in [0.15, 0.2) is 0 Å². The van der Waals surface area contributed by atoms with Gasteiger partial charge in [-0.25, -0.2) is 0 Å². The van der Waals surface area contributed by atoms with Gasteiger partial charge >= 0.3 is 0 Å². The van der Waals surface area contributed by atoms with E-state index in [1.54, 1.807) is 7.11 Å². The van der Waals surface area contributed by atoms with E-state index in [9.17, 15) is 0 Å². The summed E-state index contributed by atoms with van der Waals surface area (Å²) in [5.74, 6) is 1.65. The molecule has 2 aliphatic heterocycles. The lowest BCUT2D eigenvalue weighted by atomic mass is 9.91. The van der Waals surface area contributed by atoms with E-state index in [-0.39, 0.29) is 11.7 Å². The Kier molecular flexibility index (Phi) is 4.33. The molecule has 0 saturated carbocycles. The van der Waals surface area contributed by atoms with Crippen molar-refractivity contribution in [2.24, 2.45) is 5.73 Å². The molecule has 2 N–H and O–H groups in total. The van der Waals surface area contributed by atoms with E-state index in [0.29, 0.717) is 13.2 Å². The molecule has 1 spiro atoms. The summed E-state index contributed by atoms with van der Waals surface area (Å²) in [6.07, 6.45) is 2.89. The minimum atomic E-state index is -0.141. The molecule has 0 bridgehead atoms. The van der Waals surface area contributed by atoms with E-state index < -0.39 is 0 Å². The molecule has 2 atom stereocenters. The first-order valence-corrected chi connectivity index (χ1v) is 7.50. The normalized spacial score (nSPS) is 28.8. The topological polar surface area (TPSA) is 62.9 Å². The average molecular weight is 293 g/mol. The molecule has 2 unspecified atom stereocenters. The molecule has 2 aliphatic rings. The quantitative estimate of drug-likeness (QED) is 0.918. The van der Waals surface area contributed by atoms with Crippen LogP contribution in [0.3, 0.4) is 0 Å². The van der Waals surface area contributed by atoms with E-state index in [0.717, 1.165) is 49.5 Å². The highest BCUT2D eigenvalue weighted by atomic mass is 16.6. The monoisotopic (exact) mass is 293 g/mol. The second-order valence-electron chi connectivity index (χ2n) is 5.74. The molecule has 2 heterocycles. The number of benzene rings is 1. The van der Waals surface area contributed by atoms with Gasteiger partial charge in [0.25, 0.3) is 0 Å². The summed E-state index contributed by atoms with van der Waals surface area (Å²) in [4.78, 5) is 0. The molecular formula is C16H23NO4. The van der Waals surface area contributed by atoms with Crippen molar-refractivity contribution in [3.8, 4) is 11.5 Å². The number of methoxy groups -OCH3 is 1. The second-order valence-corrected chi connectivity index (χ2v) is 5.74. The van der Waals surface area contributed by atoms with Gasteiger partial charge in [0.2, 0.25) is 0 Å². The Morgan fingerprint density at radius 1 is 1.38 bits per heavy atom. The smallest absolute Gasteiger partial charge is 0.124 e. The molecule has 21 heavy (non-hydrogen) atoms. The Hall–Kier alpha value is -1.30.